The van der Waals surface area contributed by atoms with E-state index in [1.54, 1.807) is 0 Å². The van der Waals surface area contributed by atoms with E-state index in [1.165, 1.54) is 4.90 Å². The molecule has 0 saturated carbocycles. The van der Waals surface area contributed by atoms with Gasteiger partial charge in [-0.25, -0.2) is 0 Å². The number of nitrogens with one attached hydrogen (secondary N) is 1. The van der Waals surface area contributed by atoms with Crippen molar-refractivity contribution in [2.75, 3.05) is 6.61 Å². The van der Waals surface area contributed by atoms with Crippen LogP contribution in [0, 0.1) is 0 Å². The van der Waals surface area contributed by atoms with Gasteiger partial charge >= 0.3 is 11.8 Å². The Morgan fingerprint density at radius 2 is 1.64 bits per heavy atom. The Morgan fingerprint density at radius 1 is 1.00 bits per heavy atom. The first-order valence-electron chi connectivity index (χ1n) is 7.49. The van der Waals surface area contributed by atoms with Gasteiger partial charge in [-0.1, -0.05) is 0 Å². The number of rotatable bonds is 0. The SMILES string of the molecule is CC1(C)OC[C@@H]2[C@@H](O1)[C@@H]1OC(C)(C)O[C@@H]1[C@H]1NC(=O)C(=O)N21. The van der Waals surface area contributed by atoms with Gasteiger partial charge in [-0.05, 0) is 27.7 Å². The molecule has 2 amide bonds. The lowest BCUT2D eigenvalue weighted by molar-refractivity contribution is -0.321. The van der Waals surface area contributed by atoms with Crippen LogP contribution in [0.15, 0.2) is 0 Å². The summed E-state index contributed by atoms with van der Waals surface area (Å²) >= 11 is 0. The summed E-state index contributed by atoms with van der Waals surface area (Å²) in [6.07, 6.45) is -1.76. The summed E-state index contributed by atoms with van der Waals surface area (Å²) in [6, 6.07) is -0.372. The molecule has 22 heavy (non-hydrogen) atoms. The molecular weight excluding hydrogens is 292 g/mol. The van der Waals surface area contributed by atoms with E-state index in [-0.39, 0.29) is 12.1 Å². The molecule has 0 aromatic carbocycles. The smallest absolute Gasteiger partial charge is 0.314 e. The third kappa shape index (κ3) is 1.91. The maximum atomic E-state index is 12.2. The predicted molar refractivity (Wildman–Crippen MR) is 71.3 cm³/mol. The van der Waals surface area contributed by atoms with Gasteiger partial charge in [0.2, 0.25) is 0 Å². The van der Waals surface area contributed by atoms with E-state index in [0.717, 1.165) is 0 Å². The lowest BCUT2D eigenvalue weighted by atomic mass is 9.91. The number of ether oxygens (including phenoxy) is 4. The summed E-state index contributed by atoms with van der Waals surface area (Å²) < 4.78 is 23.6. The van der Waals surface area contributed by atoms with Crippen molar-refractivity contribution in [2.45, 2.75) is 69.8 Å². The molecule has 0 spiro atoms. The predicted octanol–water partition coefficient (Wildman–Crippen LogP) is -0.675. The van der Waals surface area contributed by atoms with Crippen molar-refractivity contribution in [3.05, 3.63) is 0 Å². The Kier molecular flexibility index (Phi) is 2.74. The quantitative estimate of drug-likeness (QED) is 0.597. The van der Waals surface area contributed by atoms with E-state index < -0.39 is 41.8 Å². The molecule has 4 aliphatic heterocycles. The Bertz CT molecular complexity index is 547. The number of fused-ring (bicyclic) bond motifs is 6. The van der Waals surface area contributed by atoms with Crippen LogP contribution in [-0.4, -0.2) is 65.4 Å². The lowest BCUT2D eigenvalue weighted by Gasteiger charge is -2.51. The molecule has 0 unspecified atom stereocenters. The van der Waals surface area contributed by atoms with Gasteiger partial charge in [0.05, 0.1) is 12.6 Å². The first-order chi connectivity index (χ1) is 10.2. The maximum Gasteiger partial charge on any atom is 0.314 e. The summed E-state index contributed by atoms with van der Waals surface area (Å²) in [5.74, 6) is -2.76. The van der Waals surface area contributed by atoms with Gasteiger partial charge < -0.3 is 29.2 Å². The zero-order chi connectivity index (χ0) is 15.9. The average molecular weight is 312 g/mol. The molecular formula is C14H20N2O6. The summed E-state index contributed by atoms with van der Waals surface area (Å²) in [7, 11) is 0. The highest BCUT2D eigenvalue weighted by atomic mass is 16.8. The van der Waals surface area contributed by atoms with E-state index in [0.29, 0.717) is 6.61 Å². The van der Waals surface area contributed by atoms with Crippen LogP contribution in [0.25, 0.3) is 0 Å². The molecule has 1 N–H and O–H groups in total. The zero-order valence-corrected chi connectivity index (χ0v) is 13.0. The molecule has 8 nitrogen and oxygen atoms in total. The van der Waals surface area contributed by atoms with Crippen molar-refractivity contribution in [1.29, 1.82) is 0 Å². The summed E-state index contributed by atoms with van der Waals surface area (Å²) in [6.45, 7) is 7.56. The molecule has 4 fully saturated rings. The highest BCUT2D eigenvalue weighted by Crippen LogP contribution is 2.43. The minimum Gasteiger partial charge on any atom is -0.348 e. The third-order valence-electron chi connectivity index (χ3n) is 4.56. The standard InChI is InChI=1S/C14H20N2O6/c1-13(2)19-5-6-7(20-13)8-9(22-14(3,4)21-8)10-15-11(17)12(18)16(6)10/h6-10H,5H2,1-4H3,(H,15,17)/t6-,7-,8+,9+,10+/m1/s1. The molecule has 0 radical (unpaired) electrons. The van der Waals surface area contributed by atoms with Crippen LogP contribution in [0.2, 0.25) is 0 Å². The highest BCUT2D eigenvalue weighted by molar-refractivity contribution is 6.37. The Morgan fingerprint density at radius 3 is 2.36 bits per heavy atom. The largest absolute Gasteiger partial charge is 0.348 e. The van der Waals surface area contributed by atoms with E-state index >= 15 is 0 Å². The number of nitrogens with zero attached hydrogens (tertiary/aromatic N) is 1. The molecule has 4 heterocycles. The van der Waals surface area contributed by atoms with Gasteiger partial charge in [0, 0.05) is 0 Å². The first-order valence-corrected chi connectivity index (χ1v) is 7.49. The number of hydrogen-bond acceptors (Lipinski definition) is 6. The second kappa shape index (κ2) is 4.19. The topological polar surface area (TPSA) is 86.3 Å². The molecule has 5 atom stereocenters. The first kappa shape index (κ1) is 14.4. The molecule has 4 aliphatic rings. The fraction of sp³-hybridized carbons (Fsp3) is 0.857. The Balaban J connectivity index is 1.74. The van der Waals surface area contributed by atoms with Crippen LogP contribution in [0.3, 0.4) is 0 Å². The van der Waals surface area contributed by atoms with Crippen LogP contribution in [-0.2, 0) is 28.5 Å². The summed E-state index contributed by atoms with van der Waals surface area (Å²) in [5, 5.41) is 2.69. The zero-order valence-electron chi connectivity index (χ0n) is 13.0. The Hall–Kier alpha value is -1.22. The van der Waals surface area contributed by atoms with Crippen molar-refractivity contribution in [2.24, 2.45) is 0 Å². The number of carbonyl (C=O) groups is 2. The monoisotopic (exact) mass is 312 g/mol. The maximum absolute atomic E-state index is 12.2. The molecule has 0 bridgehead atoms. The van der Waals surface area contributed by atoms with Crippen LogP contribution in [0.1, 0.15) is 27.7 Å². The fourth-order valence-electron chi connectivity index (χ4n) is 3.77. The number of amides is 2. The third-order valence-corrected chi connectivity index (χ3v) is 4.56. The minimum absolute atomic E-state index is 0.294. The summed E-state index contributed by atoms with van der Waals surface area (Å²) in [4.78, 5) is 25.5. The van der Waals surface area contributed by atoms with Crippen molar-refractivity contribution >= 4 is 11.8 Å². The van der Waals surface area contributed by atoms with E-state index in [4.69, 9.17) is 18.9 Å². The number of hydrogen-bond donors (Lipinski definition) is 1. The normalized spacial score (nSPS) is 45.1. The Labute approximate surface area is 128 Å². The van der Waals surface area contributed by atoms with Gasteiger partial charge in [-0.2, -0.15) is 0 Å². The van der Waals surface area contributed by atoms with Gasteiger partial charge in [-0.3, -0.25) is 9.59 Å². The van der Waals surface area contributed by atoms with Gasteiger partial charge in [0.15, 0.2) is 11.6 Å². The fourth-order valence-corrected chi connectivity index (χ4v) is 3.77. The summed E-state index contributed by atoms with van der Waals surface area (Å²) in [5.41, 5.74) is 0. The van der Waals surface area contributed by atoms with Crippen LogP contribution in [0.4, 0.5) is 0 Å². The highest BCUT2D eigenvalue weighted by Gasteiger charge is 2.64. The number of piperidine rings is 1. The lowest BCUT2D eigenvalue weighted by Crippen LogP contribution is -2.71. The molecule has 0 aliphatic carbocycles. The molecule has 0 aromatic heterocycles. The van der Waals surface area contributed by atoms with Crippen molar-refractivity contribution < 1.29 is 28.5 Å². The molecule has 4 rings (SSSR count). The molecule has 4 saturated heterocycles. The number of carbonyl (C=O) groups excluding carboxylic acids is 2. The van der Waals surface area contributed by atoms with Gasteiger partial charge in [0.1, 0.15) is 24.5 Å². The van der Waals surface area contributed by atoms with Gasteiger partial charge in [-0.15, -0.1) is 0 Å². The van der Waals surface area contributed by atoms with E-state index in [2.05, 4.69) is 5.32 Å². The minimum atomic E-state index is -0.794. The van der Waals surface area contributed by atoms with E-state index in [1.807, 2.05) is 27.7 Å². The molecule has 122 valence electrons. The second-order valence-corrected chi connectivity index (χ2v) is 7.06. The average Bonchev–Trinajstić information content (AvgIpc) is 2.87. The molecule has 8 heteroatoms. The van der Waals surface area contributed by atoms with Gasteiger partial charge in [0.25, 0.3) is 0 Å². The molecule has 0 aromatic rings. The van der Waals surface area contributed by atoms with Crippen molar-refractivity contribution in [3.63, 3.8) is 0 Å². The van der Waals surface area contributed by atoms with Crippen LogP contribution < -0.4 is 5.32 Å². The second-order valence-electron chi connectivity index (χ2n) is 7.06. The van der Waals surface area contributed by atoms with Crippen molar-refractivity contribution in [3.8, 4) is 0 Å². The van der Waals surface area contributed by atoms with Crippen LogP contribution >= 0.6 is 0 Å². The van der Waals surface area contributed by atoms with Crippen molar-refractivity contribution in [1.82, 2.24) is 10.2 Å². The van der Waals surface area contributed by atoms with Crippen LogP contribution in [0.5, 0.6) is 0 Å². The van der Waals surface area contributed by atoms with E-state index in [9.17, 15) is 9.59 Å².